The van der Waals surface area contributed by atoms with Crippen LogP contribution < -0.4 is 5.32 Å². The largest absolute Gasteiger partial charge is 0.385 e. The van der Waals surface area contributed by atoms with Crippen LogP contribution in [0.15, 0.2) is 0 Å². The van der Waals surface area contributed by atoms with Crippen LogP contribution in [0.5, 0.6) is 0 Å². The molecule has 1 rings (SSSR count). The molecule has 0 aromatic carbocycles. The van der Waals surface area contributed by atoms with E-state index < -0.39 is 0 Å². The maximum absolute atomic E-state index is 5.18. The van der Waals surface area contributed by atoms with Gasteiger partial charge >= 0.3 is 0 Å². The summed E-state index contributed by atoms with van der Waals surface area (Å²) in [7, 11) is 1.80. The molecule has 0 aliphatic heterocycles. The first kappa shape index (κ1) is 14.0. The second-order valence-electron chi connectivity index (χ2n) is 5.34. The van der Waals surface area contributed by atoms with Gasteiger partial charge in [0.1, 0.15) is 0 Å². The standard InChI is InChI=1S/C14H29NO/c1-4-9-15-14-7-5-6-13(11-14)12(2)8-10-16-3/h12-15H,4-11H2,1-3H3. The van der Waals surface area contributed by atoms with Gasteiger partial charge in [0.05, 0.1) is 0 Å². The Morgan fingerprint density at radius 2 is 2.19 bits per heavy atom. The molecule has 0 bridgehead atoms. The highest BCUT2D eigenvalue weighted by Gasteiger charge is 2.25. The van der Waals surface area contributed by atoms with Crippen molar-refractivity contribution >= 4 is 0 Å². The van der Waals surface area contributed by atoms with Crippen LogP contribution >= 0.6 is 0 Å². The number of hydrogen-bond acceptors (Lipinski definition) is 2. The van der Waals surface area contributed by atoms with Crippen LogP contribution in [-0.4, -0.2) is 26.3 Å². The minimum Gasteiger partial charge on any atom is -0.385 e. The molecule has 1 saturated carbocycles. The predicted molar refractivity (Wildman–Crippen MR) is 69.7 cm³/mol. The van der Waals surface area contributed by atoms with E-state index >= 15 is 0 Å². The molecular formula is C14H29NO. The van der Waals surface area contributed by atoms with Crippen molar-refractivity contribution < 1.29 is 4.74 Å². The molecule has 0 spiro atoms. The summed E-state index contributed by atoms with van der Waals surface area (Å²) in [5.41, 5.74) is 0. The Kier molecular flexibility index (Phi) is 7.06. The summed E-state index contributed by atoms with van der Waals surface area (Å²) in [5, 5.41) is 3.68. The van der Waals surface area contributed by atoms with Gasteiger partial charge in [-0.1, -0.05) is 26.7 Å². The highest BCUT2D eigenvalue weighted by atomic mass is 16.5. The molecule has 2 nitrogen and oxygen atoms in total. The van der Waals surface area contributed by atoms with Gasteiger partial charge in [-0.05, 0) is 44.1 Å². The molecule has 0 heterocycles. The summed E-state index contributed by atoms with van der Waals surface area (Å²) in [6.07, 6.45) is 8.07. The molecule has 0 aromatic rings. The fourth-order valence-electron chi connectivity index (χ4n) is 2.82. The molecule has 1 aliphatic carbocycles. The van der Waals surface area contributed by atoms with Crippen molar-refractivity contribution in [2.75, 3.05) is 20.3 Å². The zero-order valence-electron chi connectivity index (χ0n) is 11.3. The van der Waals surface area contributed by atoms with E-state index in [0.717, 1.165) is 24.5 Å². The molecule has 1 fully saturated rings. The third-order valence-corrected chi connectivity index (χ3v) is 3.98. The lowest BCUT2D eigenvalue weighted by molar-refractivity contribution is 0.145. The second kappa shape index (κ2) is 8.08. The summed E-state index contributed by atoms with van der Waals surface area (Å²) < 4.78 is 5.18. The summed E-state index contributed by atoms with van der Waals surface area (Å²) >= 11 is 0. The van der Waals surface area contributed by atoms with Crippen molar-refractivity contribution in [2.45, 2.75) is 58.4 Å². The van der Waals surface area contributed by atoms with E-state index in [1.165, 1.54) is 45.1 Å². The third-order valence-electron chi connectivity index (χ3n) is 3.98. The van der Waals surface area contributed by atoms with Gasteiger partial charge < -0.3 is 10.1 Å². The average molecular weight is 227 g/mol. The molecule has 1 N–H and O–H groups in total. The molecule has 1 aliphatic rings. The first-order chi connectivity index (χ1) is 7.77. The Morgan fingerprint density at radius 3 is 2.88 bits per heavy atom. The summed E-state index contributed by atoms with van der Waals surface area (Å²) in [6, 6.07) is 0.781. The number of methoxy groups -OCH3 is 1. The van der Waals surface area contributed by atoms with Gasteiger partial charge in [-0.3, -0.25) is 0 Å². The first-order valence-corrected chi connectivity index (χ1v) is 7.00. The van der Waals surface area contributed by atoms with E-state index in [0.29, 0.717) is 0 Å². The minimum atomic E-state index is 0.781. The maximum atomic E-state index is 5.18. The fraction of sp³-hybridized carbons (Fsp3) is 1.00. The third kappa shape index (κ3) is 4.84. The Bertz CT molecular complexity index is 166. The van der Waals surface area contributed by atoms with Gasteiger partial charge in [-0.15, -0.1) is 0 Å². The van der Waals surface area contributed by atoms with Crippen molar-refractivity contribution in [1.29, 1.82) is 0 Å². The lowest BCUT2D eigenvalue weighted by atomic mass is 9.77. The zero-order valence-corrected chi connectivity index (χ0v) is 11.3. The Labute approximate surface area is 101 Å². The molecule has 0 aromatic heterocycles. The zero-order chi connectivity index (χ0) is 11.8. The van der Waals surface area contributed by atoms with Crippen molar-refractivity contribution in [3.63, 3.8) is 0 Å². The second-order valence-corrected chi connectivity index (χ2v) is 5.34. The molecule has 96 valence electrons. The molecule has 0 amide bonds. The number of rotatable bonds is 7. The molecule has 3 unspecified atom stereocenters. The van der Waals surface area contributed by atoms with Crippen LogP contribution in [0.3, 0.4) is 0 Å². The summed E-state index contributed by atoms with van der Waals surface area (Å²) in [6.45, 7) is 6.75. The Morgan fingerprint density at radius 1 is 1.38 bits per heavy atom. The van der Waals surface area contributed by atoms with E-state index in [2.05, 4.69) is 19.2 Å². The van der Waals surface area contributed by atoms with Gasteiger partial charge in [-0.25, -0.2) is 0 Å². The van der Waals surface area contributed by atoms with E-state index in [4.69, 9.17) is 4.74 Å². The highest BCUT2D eigenvalue weighted by Crippen LogP contribution is 2.31. The maximum Gasteiger partial charge on any atom is 0.0464 e. The molecule has 0 saturated heterocycles. The Balaban J connectivity index is 2.25. The number of hydrogen-bond donors (Lipinski definition) is 1. The van der Waals surface area contributed by atoms with Gasteiger partial charge in [0.25, 0.3) is 0 Å². The highest BCUT2D eigenvalue weighted by molar-refractivity contribution is 4.80. The smallest absolute Gasteiger partial charge is 0.0464 e. The lowest BCUT2D eigenvalue weighted by Gasteiger charge is -2.33. The van der Waals surface area contributed by atoms with Crippen molar-refractivity contribution in [3.8, 4) is 0 Å². The first-order valence-electron chi connectivity index (χ1n) is 7.00. The summed E-state index contributed by atoms with van der Waals surface area (Å²) in [4.78, 5) is 0. The minimum absolute atomic E-state index is 0.781. The Hall–Kier alpha value is -0.0800. The van der Waals surface area contributed by atoms with Gasteiger partial charge in [0, 0.05) is 19.8 Å². The van der Waals surface area contributed by atoms with Crippen LogP contribution in [0.25, 0.3) is 0 Å². The molecule has 16 heavy (non-hydrogen) atoms. The predicted octanol–water partition coefficient (Wildman–Crippen LogP) is 3.22. The van der Waals surface area contributed by atoms with E-state index in [-0.39, 0.29) is 0 Å². The fourth-order valence-corrected chi connectivity index (χ4v) is 2.82. The van der Waals surface area contributed by atoms with E-state index in [1.807, 2.05) is 0 Å². The van der Waals surface area contributed by atoms with Gasteiger partial charge in [-0.2, -0.15) is 0 Å². The average Bonchev–Trinajstić information content (AvgIpc) is 2.33. The monoisotopic (exact) mass is 227 g/mol. The topological polar surface area (TPSA) is 21.3 Å². The molecular weight excluding hydrogens is 198 g/mol. The SMILES string of the molecule is CCCNC1CCCC(C(C)CCOC)C1. The van der Waals surface area contributed by atoms with Crippen LogP contribution in [0.1, 0.15) is 52.4 Å². The molecule has 0 radical (unpaired) electrons. The lowest BCUT2D eigenvalue weighted by Crippen LogP contribution is -2.36. The van der Waals surface area contributed by atoms with Gasteiger partial charge in [0.2, 0.25) is 0 Å². The molecule has 2 heteroatoms. The summed E-state index contributed by atoms with van der Waals surface area (Å²) in [5.74, 6) is 1.74. The van der Waals surface area contributed by atoms with E-state index in [1.54, 1.807) is 7.11 Å². The van der Waals surface area contributed by atoms with Crippen LogP contribution in [0.4, 0.5) is 0 Å². The van der Waals surface area contributed by atoms with Crippen LogP contribution in [0.2, 0.25) is 0 Å². The van der Waals surface area contributed by atoms with Gasteiger partial charge in [0.15, 0.2) is 0 Å². The van der Waals surface area contributed by atoms with Crippen molar-refractivity contribution in [1.82, 2.24) is 5.32 Å². The van der Waals surface area contributed by atoms with Crippen molar-refractivity contribution in [3.05, 3.63) is 0 Å². The normalized spacial score (nSPS) is 27.9. The van der Waals surface area contributed by atoms with E-state index in [9.17, 15) is 0 Å². The number of nitrogens with one attached hydrogen (secondary N) is 1. The van der Waals surface area contributed by atoms with Crippen LogP contribution in [-0.2, 0) is 4.74 Å². The van der Waals surface area contributed by atoms with Crippen molar-refractivity contribution in [2.24, 2.45) is 11.8 Å². The van der Waals surface area contributed by atoms with Crippen LogP contribution in [0, 0.1) is 11.8 Å². The number of ether oxygens (including phenoxy) is 1. The quantitative estimate of drug-likeness (QED) is 0.721. The molecule has 3 atom stereocenters.